The van der Waals surface area contributed by atoms with Gasteiger partial charge in [-0.15, -0.1) is 0 Å². The monoisotopic (exact) mass is 381 g/mol. The minimum atomic E-state index is -0.114. The highest BCUT2D eigenvalue weighted by atomic mass is 16.5. The van der Waals surface area contributed by atoms with Crippen molar-refractivity contribution in [2.75, 3.05) is 35.7 Å². The van der Waals surface area contributed by atoms with Crippen molar-refractivity contribution < 1.29 is 14.3 Å². The van der Waals surface area contributed by atoms with Gasteiger partial charge in [-0.05, 0) is 54.8 Å². The number of benzene rings is 2. The summed E-state index contributed by atoms with van der Waals surface area (Å²) >= 11 is 0. The second-order valence-electron chi connectivity index (χ2n) is 7.07. The second-order valence-corrected chi connectivity index (χ2v) is 7.07. The van der Waals surface area contributed by atoms with E-state index in [1.165, 1.54) is 12.6 Å². The van der Waals surface area contributed by atoms with Crippen LogP contribution in [0.5, 0.6) is 0 Å². The molecule has 3 rings (SSSR count). The molecule has 28 heavy (non-hydrogen) atoms. The second kappa shape index (κ2) is 9.37. The van der Waals surface area contributed by atoms with Gasteiger partial charge >= 0.3 is 0 Å². The quantitative estimate of drug-likeness (QED) is 0.804. The van der Waals surface area contributed by atoms with Crippen LogP contribution in [0, 0.1) is 0 Å². The maximum absolute atomic E-state index is 12.3. The van der Waals surface area contributed by atoms with Crippen LogP contribution in [0.3, 0.4) is 0 Å². The summed E-state index contributed by atoms with van der Waals surface area (Å²) in [7, 11) is 1.77. The smallest absolute Gasteiger partial charge is 0.228 e. The summed E-state index contributed by atoms with van der Waals surface area (Å²) in [4.78, 5) is 25.7. The normalized spacial score (nSPS) is 14.6. The summed E-state index contributed by atoms with van der Waals surface area (Å²) < 4.78 is 5.42. The van der Waals surface area contributed by atoms with Crippen LogP contribution in [0.1, 0.15) is 25.3 Å². The number of nitrogens with zero attached hydrogens (tertiary/aromatic N) is 1. The number of methoxy groups -OCH3 is 1. The summed E-state index contributed by atoms with van der Waals surface area (Å²) in [5.41, 5.74) is 3.57. The van der Waals surface area contributed by atoms with Gasteiger partial charge in [0.05, 0.1) is 12.5 Å². The van der Waals surface area contributed by atoms with Gasteiger partial charge in [0.15, 0.2) is 0 Å². The van der Waals surface area contributed by atoms with Crippen LogP contribution in [-0.4, -0.2) is 38.1 Å². The molecule has 1 heterocycles. The first-order chi connectivity index (χ1) is 13.5. The molecule has 0 aromatic heterocycles. The highest BCUT2D eigenvalue weighted by Gasteiger charge is 2.18. The summed E-state index contributed by atoms with van der Waals surface area (Å²) in [5.74, 6) is -0.182. The van der Waals surface area contributed by atoms with Crippen molar-refractivity contribution in [3.8, 4) is 0 Å². The van der Waals surface area contributed by atoms with Gasteiger partial charge in [-0.1, -0.05) is 12.1 Å². The van der Waals surface area contributed by atoms with Crippen LogP contribution < -0.4 is 15.5 Å². The molecule has 0 spiro atoms. The predicted molar refractivity (Wildman–Crippen MR) is 112 cm³/mol. The first-order valence-electron chi connectivity index (χ1n) is 9.57. The molecule has 0 aliphatic carbocycles. The number of carbonyl (C=O) groups excluding carboxylic acids is 2. The van der Waals surface area contributed by atoms with Crippen LogP contribution in [0.25, 0.3) is 0 Å². The molecular formula is C22H27N3O3. The fourth-order valence-corrected chi connectivity index (χ4v) is 3.41. The van der Waals surface area contributed by atoms with E-state index in [0.717, 1.165) is 42.9 Å². The summed E-state index contributed by atoms with van der Waals surface area (Å²) in [5, 5.41) is 5.65. The lowest BCUT2D eigenvalue weighted by atomic mass is 10.1. The van der Waals surface area contributed by atoms with Crippen molar-refractivity contribution in [2.45, 2.75) is 32.3 Å². The molecule has 0 bridgehead atoms. The lowest BCUT2D eigenvalue weighted by Crippen LogP contribution is -2.36. The van der Waals surface area contributed by atoms with Crippen molar-refractivity contribution in [1.29, 1.82) is 0 Å². The molecule has 2 N–H and O–H groups in total. The average molecular weight is 381 g/mol. The summed E-state index contributed by atoms with van der Waals surface area (Å²) in [6, 6.07) is 15.3. The molecule has 6 nitrogen and oxygen atoms in total. The van der Waals surface area contributed by atoms with Crippen molar-refractivity contribution in [2.24, 2.45) is 0 Å². The molecule has 0 atom stereocenters. The minimum absolute atomic E-state index is 0.0686. The molecule has 0 radical (unpaired) electrons. The fraction of sp³-hybridized carbons (Fsp3) is 0.364. The van der Waals surface area contributed by atoms with E-state index in [9.17, 15) is 9.59 Å². The van der Waals surface area contributed by atoms with Crippen LogP contribution in [0.15, 0.2) is 48.5 Å². The van der Waals surface area contributed by atoms with E-state index in [0.29, 0.717) is 6.10 Å². The van der Waals surface area contributed by atoms with Gasteiger partial charge in [-0.3, -0.25) is 9.59 Å². The lowest BCUT2D eigenvalue weighted by Gasteiger charge is -2.33. The number of nitrogens with one attached hydrogen (secondary N) is 2. The van der Waals surface area contributed by atoms with Gasteiger partial charge in [0, 0.05) is 44.2 Å². The van der Waals surface area contributed by atoms with Gasteiger partial charge in [0.1, 0.15) is 0 Å². The van der Waals surface area contributed by atoms with Gasteiger partial charge < -0.3 is 20.3 Å². The minimum Gasteiger partial charge on any atom is -0.381 e. The molecule has 0 saturated carbocycles. The van der Waals surface area contributed by atoms with Gasteiger partial charge in [-0.2, -0.15) is 0 Å². The van der Waals surface area contributed by atoms with Crippen LogP contribution in [0.2, 0.25) is 0 Å². The zero-order valence-electron chi connectivity index (χ0n) is 16.4. The Morgan fingerprint density at radius 3 is 2.11 bits per heavy atom. The number of ether oxygens (including phenoxy) is 1. The molecule has 1 aliphatic heterocycles. The molecule has 1 saturated heterocycles. The van der Waals surface area contributed by atoms with E-state index in [2.05, 4.69) is 15.5 Å². The fourth-order valence-electron chi connectivity index (χ4n) is 3.41. The largest absolute Gasteiger partial charge is 0.381 e. The number of piperidine rings is 1. The summed E-state index contributed by atoms with van der Waals surface area (Å²) in [6.07, 6.45) is 2.72. The Labute approximate surface area is 165 Å². The Hall–Kier alpha value is -2.86. The maximum Gasteiger partial charge on any atom is 0.228 e. The highest BCUT2D eigenvalue weighted by Crippen LogP contribution is 2.23. The predicted octanol–water partition coefficient (Wildman–Crippen LogP) is 3.44. The zero-order chi connectivity index (χ0) is 19.9. The summed E-state index contributed by atoms with van der Waals surface area (Å²) in [6.45, 7) is 3.44. The molecular weight excluding hydrogens is 354 g/mol. The third kappa shape index (κ3) is 5.57. The zero-order valence-corrected chi connectivity index (χ0v) is 16.4. The van der Waals surface area contributed by atoms with Gasteiger partial charge in [0.25, 0.3) is 0 Å². The molecule has 1 fully saturated rings. The van der Waals surface area contributed by atoms with Gasteiger partial charge in [0.2, 0.25) is 11.8 Å². The highest BCUT2D eigenvalue weighted by molar-refractivity contribution is 5.92. The Kier molecular flexibility index (Phi) is 6.66. The standard InChI is InChI=1S/C22H27N3O3/c1-16(26)23-18-5-3-17(4-6-18)15-22(27)24-19-7-9-20(10-8-19)25-13-11-21(28-2)12-14-25/h3-10,21H,11-15H2,1-2H3,(H,23,26)(H,24,27). The van der Waals surface area contributed by atoms with Gasteiger partial charge in [-0.25, -0.2) is 0 Å². The number of hydrogen-bond donors (Lipinski definition) is 2. The van der Waals surface area contributed by atoms with Crippen molar-refractivity contribution >= 4 is 28.9 Å². The van der Waals surface area contributed by atoms with E-state index in [1.807, 2.05) is 36.4 Å². The average Bonchev–Trinajstić information content (AvgIpc) is 2.70. The molecule has 1 aliphatic rings. The first kappa shape index (κ1) is 19.9. The number of rotatable bonds is 6. The maximum atomic E-state index is 12.3. The Morgan fingerprint density at radius 1 is 0.964 bits per heavy atom. The van der Waals surface area contributed by atoms with Crippen LogP contribution in [-0.2, 0) is 20.7 Å². The topological polar surface area (TPSA) is 70.7 Å². The Balaban J connectivity index is 1.51. The number of amides is 2. The third-order valence-corrected chi connectivity index (χ3v) is 4.93. The number of hydrogen-bond acceptors (Lipinski definition) is 4. The van der Waals surface area contributed by atoms with E-state index in [4.69, 9.17) is 4.74 Å². The van der Waals surface area contributed by atoms with E-state index >= 15 is 0 Å². The molecule has 2 aromatic carbocycles. The Bertz CT molecular complexity index is 795. The van der Waals surface area contributed by atoms with E-state index < -0.39 is 0 Å². The van der Waals surface area contributed by atoms with Crippen LogP contribution in [0.4, 0.5) is 17.1 Å². The van der Waals surface area contributed by atoms with Crippen molar-refractivity contribution in [3.63, 3.8) is 0 Å². The molecule has 148 valence electrons. The molecule has 2 aromatic rings. The third-order valence-electron chi connectivity index (χ3n) is 4.93. The number of carbonyl (C=O) groups is 2. The SMILES string of the molecule is COC1CCN(c2ccc(NC(=O)Cc3ccc(NC(C)=O)cc3)cc2)CC1. The Morgan fingerprint density at radius 2 is 1.54 bits per heavy atom. The first-order valence-corrected chi connectivity index (χ1v) is 9.57. The molecule has 0 unspecified atom stereocenters. The number of anilines is 3. The van der Waals surface area contributed by atoms with Crippen LogP contribution >= 0.6 is 0 Å². The van der Waals surface area contributed by atoms with Crippen molar-refractivity contribution in [3.05, 3.63) is 54.1 Å². The van der Waals surface area contributed by atoms with Crippen molar-refractivity contribution in [1.82, 2.24) is 0 Å². The lowest BCUT2D eigenvalue weighted by molar-refractivity contribution is -0.116. The van der Waals surface area contributed by atoms with E-state index in [-0.39, 0.29) is 18.2 Å². The van der Waals surface area contributed by atoms with E-state index in [1.54, 1.807) is 19.2 Å². The molecule has 2 amide bonds. The molecule has 6 heteroatoms.